The number of nitrogens with zero attached hydrogens (tertiary/aromatic N) is 3. The number of rotatable bonds is 4. The fraction of sp³-hybridized carbons (Fsp3) is 0.438. The van der Waals surface area contributed by atoms with Gasteiger partial charge in [0, 0.05) is 30.1 Å². The van der Waals surface area contributed by atoms with Crippen molar-refractivity contribution in [2.24, 2.45) is 11.3 Å². The zero-order valence-electron chi connectivity index (χ0n) is 23.6. The summed E-state index contributed by atoms with van der Waals surface area (Å²) in [6.45, 7) is 4.84. The summed E-state index contributed by atoms with van der Waals surface area (Å²) in [5, 5.41) is 5.91. The maximum Gasteiger partial charge on any atom is 0.244 e. The van der Waals surface area contributed by atoms with E-state index in [0.717, 1.165) is 18.1 Å². The van der Waals surface area contributed by atoms with Crippen molar-refractivity contribution in [3.05, 3.63) is 83.2 Å². The second-order valence-electron chi connectivity index (χ2n) is 12.9. The zero-order chi connectivity index (χ0) is 29.4. The molecule has 2 aromatic rings. The van der Waals surface area contributed by atoms with E-state index in [1.54, 1.807) is 6.20 Å². The average molecular weight is 574 g/mol. The number of benzene rings is 1. The molecule has 2 aliphatic carbocycles. The van der Waals surface area contributed by atoms with Gasteiger partial charge in [-0.25, -0.2) is 13.8 Å². The molecule has 4 heterocycles. The van der Waals surface area contributed by atoms with E-state index in [1.165, 1.54) is 17.0 Å². The Kier molecular flexibility index (Phi) is 5.96. The molecule has 1 aromatic carbocycles. The molecule has 1 saturated carbocycles. The van der Waals surface area contributed by atoms with Crippen LogP contribution in [0.2, 0.25) is 0 Å². The third-order valence-electron chi connectivity index (χ3n) is 10.2. The van der Waals surface area contributed by atoms with Gasteiger partial charge in [-0.1, -0.05) is 25.1 Å². The predicted molar refractivity (Wildman–Crippen MR) is 151 cm³/mol. The van der Waals surface area contributed by atoms with Crippen LogP contribution in [0.5, 0.6) is 0 Å². The van der Waals surface area contributed by atoms with Gasteiger partial charge in [0.05, 0.1) is 17.0 Å². The molecule has 5 unspecified atom stereocenters. The van der Waals surface area contributed by atoms with Gasteiger partial charge in [-0.2, -0.15) is 0 Å². The van der Waals surface area contributed by atoms with E-state index in [0.29, 0.717) is 49.4 Å². The number of piperazine rings is 1. The molecule has 0 radical (unpaired) electrons. The van der Waals surface area contributed by atoms with Crippen molar-refractivity contribution in [3.8, 4) is 0 Å². The summed E-state index contributed by atoms with van der Waals surface area (Å²) in [4.78, 5) is 48.4. The molecule has 1 spiro atoms. The van der Waals surface area contributed by atoms with Crippen molar-refractivity contribution in [2.75, 3.05) is 25.0 Å². The van der Waals surface area contributed by atoms with Gasteiger partial charge in [0.1, 0.15) is 24.0 Å². The first kappa shape index (κ1) is 26.9. The van der Waals surface area contributed by atoms with Gasteiger partial charge in [-0.15, -0.1) is 0 Å². The second-order valence-corrected chi connectivity index (χ2v) is 12.9. The van der Waals surface area contributed by atoms with Crippen molar-refractivity contribution >= 4 is 23.5 Å². The molecule has 8 nitrogen and oxygen atoms in total. The van der Waals surface area contributed by atoms with Crippen LogP contribution in [0.15, 0.2) is 60.5 Å². The van der Waals surface area contributed by atoms with Gasteiger partial charge in [0.15, 0.2) is 0 Å². The standard InChI is InChI=1S/C32H33F2N5O3/c1-30-15-23(7-6-20(30)14-32(18-30)24-5-3-9-35-27(24)37-28(32)41)36-26(40)17-39-25(19-11-21(33)13-22(34)12-19)16-38-10-4-8-31(38,2)29(39)42/h3,5-7,9,11-13,15,20,25H,4,8,10,14,16-18H2,1-2H3,(H,36,40)(H,35,37,41). The molecule has 10 heteroatoms. The molecule has 3 fully saturated rings. The number of hydrogen-bond acceptors (Lipinski definition) is 5. The van der Waals surface area contributed by atoms with E-state index >= 15 is 0 Å². The van der Waals surface area contributed by atoms with E-state index in [4.69, 9.17) is 0 Å². The number of amides is 3. The Labute approximate surface area is 242 Å². The lowest BCUT2D eigenvalue weighted by Crippen LogP contribution is -2.63. The minimum absolute atomic E-state index is 0.0444. The van der Waals surface area contributed by atoms with Crippen LogP contribution < -0.4 is 10.6 Å². The molecule has 7 rings (SSSR count). The average Bonchev–Trinajstić information content (AvgIpc) is 3.55. The summed E-state index contributed by atoms with van der Waals surface area (Å²) in [6.07, 6.45) is 10.3. The first-order valence-electron chi connectivity index (χ1n) is 14.5. The number of aromatic nitrogens is 1. The van der Waals surface area contributed by atoms with E-state index in [9.17, 15) is 23.2 Å². The fourth-order valence-electron chi connectivity index (χ4n) is 8.13. The molecule has 218 valence electrons. The molecule has 3 amide bonds. The van der Waals surface area contributed by atoms with E-state index in [-0.39, 0.29) is 35.6 Å². The number of nitrogens with one attached hydrogen (secondary N) is 2. The lowest BCUT2D eigenvalue weighted by atomic mass is 9.74. The van der Waals surface area contributed by atoms with Gasteiger partial charge in [-0.3, -0.25) is 19.3 Å². The van der Waals surface area contributed by atoms with Gasteiger partial charge < -0.3 is 15.5 Å². The van der Waals surface area contributed by atoms with Crippen LogP contribution in [-0.4, -0.2) is 57.7 Å². The summed E-state index contributed by atoms with van der Waals surface area (Å²) in [5.41, 5.74) is 0.0311. The number of allylic oxidation sites excluding steroid dienone is 3. The third kappa shape index (κ3) is 4.02. The number of anilines is 1. The number of halogens is 2. The lowest BCUT2D eigenvalue weighted by molar-refractivity contribution is -0.155. The molecule has 1 aromatic heterocycles. The number of fused-ring (bicyclic) bond motifs is 4. The number of carbonyl (C=O) groups is 3. The Morgan fingerprint density at radius 3 is 2.76 bits per heavy atom. The fourth-order valence-corrected chi connectivity index (χ4v) is 8.13. The molecule has 5 aliphatic rings. The SMILES string of the molecule is CC12C=C(NC(=O)CN3C(=O)C4(C)CCCN4CC3c3cc(F)cc(F)c3)C=CC1CC1(C2)C(=O)Nc2ncccc21. The molecule has 2 N–H and O–H groups in total. The van der Waals surface area contributed by atoms with Crippen molar-refractivity contribution in [1.82, 2.24) is 20.1 Å². The highest BCUT2D eigenvalue weighted by Gasteiger charge is 2.59. The van der Waals surface area contributed by atoms with E-state index < -0.39 is 28.6 Å². The van der Waals surface area contributed by atoms with Crippen molar-refractivity contribution < 1.29 is 23.2 Å². The highest BCUT2D eigenvalue weighted by Crippen LogP contribution is 2.60. The van der Waals surface area contributed by atoms with Crippen molar-refractivity contribution in [3.63, 3.8) is 0 Å². The van der Waals surface area contributed by atoms with Crippen LogP contribution in [-0.2, 0) is 19.8 Å². The van der Waals surface area contributed by atoms with E-state index in [1.807, 2.05) is 37.3 Å². The van der Waals surface area contributed by atoms with Crippen LogP contribution in [0.3, 0.4) is 0 Å². The Balaban J connectivity index is 1.13. The first-order chi connectivity index (χ1) is 20.0. The van der Waals surface area contributed by atoms with Gasteiger partial charge in [0.25, 0.3) is 0 Å². The van der Waals surface area contributed by atoms with Crippen LogP contribution in [0.1, 0.15) is 56.7 Å². The smallest absolute Gasteiger partial charge is 0.244 e. The number of hydrogen-bond donors (Lipinski definition) is 2. The van der Waals surface area contributed by atoms with Crippen LogP contribution in [0.4, 0.5) is 14.6 Å². The lowest BCUT2D eigenvalue weighted by Gasteiger charge is -2.48. The summed E-state index contributed by atoms with van der Waals surface area (Å²) in [7, 11) is 0. The van der Waals surface area contributed by atoms with Crippen molar-refractivity contribution in [2.45, 2.75) is 56.5 Å². The van der Waals surface area contributed by atoms with Crippen molar-refractivity contribution in [1.29, 1.82) is 0 Å². The minimum atomic E-state index is -0.751. The topological polar surface area (TPSA) is 94.6 Å². The van der Waals surface area contributed by atoms with Crippen LogP contribution >= 0.6 is 0 Å². The summed E-state index contributed by atoms with van der Waals surface area (Å²) in [6, 6.07) is 6.42. The van der Waals surface area contributed by atoms with Gasteiger partial charge in [-0.05, 0) is 80.3 Å². The maximum absolute atomic E-state index is 14.2. The largest absolute Gasteiger partial charge is 0.325 e. The van der Waals surface area contributed by atoms with Gasteiger partial charge in [0.2, 0.25) is 17.7 Å². The molecule has 42 heavy (non-hydrogen) atoms. The predicted octanol–water partition coefficient (Wildman–Crippen LogP) is 3.97. The molecular formula is C32H33F2N5O3. The molecule has 2 saturated heterocycles. The number of carbonyl (C=O) groups excluding carboxylic acids is 3. The number of pyridine rings is 1. The third-order valence-corrected chi connectivity index (χ3v) is 10.2. The van der Waals surface area contributed by atoms with E-state index in [2.05, 4.69) is 27.4 Å². The molecule has 5 atom stereocenters. The Morgan fingerprint density at radius 2 is 1.98 bits per heavy atom. The first-order valence-corrected chi connectivity index (χ1v) is 14.5. The highest BCUT2D eigenvalue weighted by atomic mass is 19.1. The monoisotopic (exact) mass is 573 g/mol. The molecular weight excluding hydrogens is 540 g/mol. The minimum Gasteiger partial charge on any atom is -0.325 e. The van der Waals surface area contributed by atoms with Crippen LogP contribution in [0.25, 0.3) is 0 Å². The highest BCUT2D eigenvalue weighted by molar-refractivity contribution is 6.05. The Hall–Kier alpha value is -3.92. The molecule has 0 bridgehead atoms. The summed E-state index contributed by atoms with van der Waals surface area (Å²) in [5.74, 6) is -1.38. The quantitative estimate of drug-likeness (QED) is 0.578. The summed E-state index contributed by atoms with van der Waals surface area (Å²) >= 11 is 0. The van der Waals surface area contributed by atoms with Crippen LogP contribution in [0, 0.1) is 23.0 Å². The summed E-state index contributed by atoms with van der Waals surface area (Å²) < 4.78 is 28.4. The normalized spacial score (nSPS) is 33.3. The maximum atomic E-state index is 14.2. The Morgan fingerprint density at radius 1 is 1.19 bits per heavy atom. The molecule has 3 aliphatic heterocycles. The zero-order valence-corrected chi connectivity index (χ0v) is 23.6. The van der Waals surface area contributed by atoms with Gasteiger partial charge >= 0.3 is 0 Å². The Bertz CT molecular complexity index is 1570. The second kappa shape index (κ2) is 9.29.